The molecular weight excluding hydrogens is 172 g/mol. The van der Waals surface area contributed by atoms with Gasteiger partial charge in [0.25, 0.3) is 0 Å². The van der Waals surface area contributed by atoms with Crippen LogP contribution in [0, 0.1) is 0 Å². The summed E-state index contributed by atoms with van der Waals surface area (Å²) >= 11 is 0. The summed E-state index contributed by atoms with van der Waals surface area (Å²) in [6, 6.07) is 0.140. The standard InChI is InChI=1S/C10H19F2N/c1-8-5-10(12,6-11)7-13(8)9(2,3)4/h8H,5-7H2,1-4H3/t8-,10-/m1/s1. The lowest BCUT2D eigenvalue weighted by Crippen LogP contribution is -2.45. The van der Waals surface area contributed by atoms with Crippen molar-refractivity contribution in [2.24, 2.45) is 0 Å². The van der Waals surface area contributed by atoms with Gasteiger partial charge >= 0.3 is 0 Å². The Hall–Kier alpha value is -0.180. The first kappa shape index (κ1) is 10.9. The number of rotatable bonds is 1. The Labute approximate surface area is 79.1 Å². The highest BCUT2D eigenvalue weighted by Gasteiger charge is 2.46. The lowest BCUT2D eigenvalue weighted by molar-refractivity contribution is 0.0876. The van der Waals surface area contributed by atoms with Crippen LogP contribution in [0.2, 0.25) is 0 Å². The first-order chi connectivity index (χ1) is 5.78. The van der Waals surface area contributed by atoms with Crippen molar-refractivity contribution in [3.63, 3.8) is 0 Å². The second kappa shape index (κ2) is 3.19. The zero-order valence-electron chi connectivity index (χ0n) is 8.90. The van der Waals surface area contributed by atoms with Gasteiger partial charge in [0.1, 0.15) is 6.67 Å². The van der Waals surface area contributed by atoms with E-state index >= 15 is 0 Å². The molecule has 1 nitrogen and oxygen atoms in total. The molecule has 13 heavy (non-hydrogen) atoms. The van der Waals surface area contributed by atoms with Gasteiger partial charge in [-0.2, -0.15) is 0 Å². The number of hydrogen-bond acceptors (Lipinski definition) is 1. The number of nitrogens with zero attached hydrogens (tertiary/aromatic N) is 1. The summed E-state index contributed by atoms with van der Waals surface area (Å²) in [7, 11) is 0. The van der Waals surface area contributed by atoms with Crippen LogP contribution in [0.5, 0.6) is 0 Å². The average Bonchev–Trinajstić information content (AvgIpc) is 2.27. The van der Waals surface area contributed by atoms with Crippen molar-refractivity contribution in [2.45, 2.75) is 51.4 Å². The third-order valence-electron chi connectivity index (χ3n) is 2.75. The molecule has 0 N–H and O–H groups in total. The highest BCUT2D eigenvalue weighted by Crippen LogP contribution is 2.35. The van der Waals surface area contributed by atoms with Crippen molar-refractivity contribution in [1.82, 2.24) is 4.90 Å². The number of alkyl halides is 2. The van der Waals surface area contributed by atoms with Crippen molar-refractivity contribution in [1.29, 1.82) is 0 Å². The normalized spacial score (nSPS) is 36.9. The predicted molar refractivity (Wildman–Crippen MR) is 50.4 cm³/mol. The molecule has 1 rings (SSSR count). The Morgan fingerprint density at radius 2 is 2.00 bits per heavy atom. The summed E-state index contributed by atoms with van der Waals surface area (Å²) in [5, 5.41) is 0. The summed E-state index contributed by atoms with van der Waals surface area (Å²) in [5.41, 5.74) is -1.67. The van der Waals surface area contributed by atoms with Gasteiger partial charge in [-0.05, 0) is 27.7 Å². The maximum atomic E-state index is 13.7. The van der Waals surface area contributed by atoms with E-state index in [2.05, 4.69) is 0 Å². The molecule has 0 spiro atoms. The quantitative estimate of drug-likeness (QED) is 0.615. The van der Waals surface area contributed by atoms with E-state index in [4.69, 9.17) is 0 Å². The second-order valence-corrected chi connectivity index (χ2v) is 5.14. The summed E-state index contributed by atoms with van der Waals surface area (Å²) < 4.78 is 26.1. The van der Waals surface area contributed by atoms with Crippen LogP contribution in [0.15, 0.2) is 0 Å². The molecule has 1 heterocycles. The predicted octanol–water partition coefficient (Wildman–Crippen LogP) is 2.56. The van der Waals surface area contributed by atoms with Gasteiger partial charge in [-0.1, -0.05) is 0 Å². The molecule has 0 radical (unpaired) electrons. The molecule has 0 aromatic carbocycles. The van der Waals surface area contributed by atoms with Gasteiger partial charge in [-0.3, -0.25) is 4.90 Å². The van der Waals surface area contributed by atoms with Crippen LogP contribution < -0.4 is 0 Å². The fourth-order valence-corrected chi connectivity index (χ4v) is 2.16. The van der Waals surface area contributed by atoms with E-state index in [0.717, 1.165) is 0 Å². The highest BCUT2D eigenvalue weighted by molar-refractivity contribution is 4.99. The first-order valence-electron chi connectivity index (χ1n) is 4.80. The lowest BCUT2D eigenvalue weighted by atomic mass is 10.1. The molecule has 78 valence electrons. The van der Waals surface area contributed by atoms with Crippen molar-refractivity contribution in [2.75, 3.05) is 13.2 Å². The maximum Gasteiger partial charge on any atom is 0.153 e. The van der Waals surface area contributed by atoms with Gasteiger partial charge in [-0.15, -0.1) is 0 Å². The van der Waals surface area contributed by atoms with Crippen LogP contribution >= 0.6 is 0 Å². The average molecular weight is 191 g/mol. The van der Waals surface area contributed by atoms with E-state index in [9.17, 15) is 8.78 Å². The Morgan fingerprint density at radius 1 is 1.46 bits per heavy atom. The minimum absolute atomic E-state index is 0.0670. The third kappa shape index (κ3) is 2.19. The van der Waals surface area contributed by atoms with Crippen molar-refractivity contribution >= 4 is 0 Å². The molecule has 1 aliphatic heterocycles. The molecule has 1 aliphatic rings. The van der Waals surface area contributed by atoms with Gasteiger partial charge in [0.15, 0.2) is 5.67 Å². The molecule has 0 bridgehead atoms. The van der Waals surface area contributed by atoms with Gasteiger partial charge in [0.05, 0.1) is 0 Å². The van der Waals surface area contributed by atoms with E-state index in [0.29, 0.717) is 6.42 Å². The van der Waals surface area contributed by atoms with Crippen molar-refractivity contribution < 1.29 is 8.78 Å². The molecular formula is C10H19F2N. The second-order valence-electron chi connectivity index (χ2n) is 5.14. The Kier molecular flexibility index (Phi) is 2.68. The van der Waals surface area contributed by atoms with Crippen LogP contribution in [0.1, 0.15) is 34.1 Å². The molecule has 0 aliphatic carbocycles. The number of hydrogen-bond donors (Lipinski definition) is 0. The molecule has 0 amide bonds. The molecule has 0 saturated carbocycles. The fourth-order valence-electron chi connectivity index (χ4n) is 2.16. The zero-order chi connectivity index (χ0) is 10.3. The lowest BCUT2D eigenvalue weighted by Gasteiger charge is -2.35. The molecule has 0 aromatic heterocycles. The minimum atomic E-state index is -1.60. The summed E-state index contributed by atoms with van der Waals surface area (Å²) in [4.78, 5) is 2.03. The zero-order valence-corrected chi connectivity index (χ0v) is 8.90. The van der Waals surface area contributed by atoms with Gasteiger partial charge in [0, 0.05) is 24.5 Å². The molecule has 3 heteroatoms. The maximum absolute atomic E-state index is 13.7. The van der Waals surface area contributed by atoms with E-state index in [-0.39, 0.29) is 18.1 Å². The molecule has 0 unspecified atom stereocenters. The highest BCUT2D eigenvalue weighted by atomic mass is 19.2. The summed E-state index contributed by atoms with van der Waals surface area (Å²) in [6.07, 6.45) is 0.320. The Morgan fingerprint density at radius 3 is 2.23 bits per heavy atom. The van der Waals surface area contributed by atoms with Gasteiger partial charge < -0.3 is 0 Å². The van der Waals surface area contributed by atoms with E-state index in [1.54, 1.807) is 0 Å². The number of likely N-dealkylation sites (tertiary alicyclic amines) is 1. The minimum Gasteiger partial charge on any atom is -0.292 e. The van der Waals surface area contributed by atoms with Crippen LogP contribution in [0.25, 0.3) is 0 Å². The third-order valence-corrected chi connectivity index (χ3v) is 2.75. The van der Waals surface area contributed by atoms with Crippen molar-refractivity contribution in [3.05, 3.63) is 0 Å². The SMILES string of the molecule is C[C@@H]1C[C@@](F)(CF)CN1C(C)(C)C. The van der Waals surface area contributed by atoms with Crippen LogP contribution in [-0.4, -0.2) is 35.4 Å². The molecule has 1 fully saturated rings. The Bertz CT molecular complexity index is 188. The largest absolute Gasteiger partial charge is 0.292 e. The Balaban J connectivity index is 2.72. The topological polar surface area (TPSA) is 3.24 Å². The number of halogens is 2. The van der Waals surface area contributed by atoms with E-state index < -0.39 is 12.3 Å². The van der Waals surface area contributed by atoms with Gasteiger partial charge in [0.2, 0.25) is 0 Å². The molecule has 0 aromatic rings. The monoisotopic (exact) mass is 191 g/mol. The van der Waals surface area contributed by atoms with Crippen molar-refractivity contribution in [3.8, 4) is 0 Å². The van der Waals surface area contributed by atoms with Crippen LogP contribution in [0.4, 0.5) is 8.78 Å². The van der Waals surface area contributed by atoms with Crippen LogP contribution in [0.3, 0.4) is 0 Å². The summed E-state index contributed by atoms with van der Waals surface area (Å²) in [6.45, 7) is 7.44. The smallest absolute Gasteiger partial charge is 0.153 e. The molecule has 2 atom stereocenters. The first-order valence-corrected chi connectivity index (χ1v) is 4.80. The van der Waals surface area contributed by atoms with Crippen LogP contribution in [-0.2, 0) is 0 Å². The molecule has 1 saturated heterocycles. The summed E-state index contributed by atoms with van der Waals surface area (Å²) in [5.74, 6) is 0. The fraction of sp³-hybridized carbons (Fsp3) is 1.00. The van der Waals surface area contributed by atoms with Gasteiger partial charge in [-0.25, -0.2) is 8.78 Å². The van der Waals surface area contributed by atoms with E-state index in [1.807, 2.05) is 32.6 Å². The van der Waals surface area contributed by atoms with E-state index in [1.165, 1.54) is 0 Å².